The number of ether oxygens (including phenoxy) is 1. The predicted octanol–water partition coefficient (Wildman–Crippen LogP) is 2.06. The van der Waals surface area contributed by atoms with E-state index in [9.17, 15) is 13.2 Å². The number of benzene rings is 1. The second-order valence-electron chi connectivity index (χ2n) is 5.18. The van der Waals surface area contributed by atoms with Crippen molar-refractivity contribution in [3.63, 3.8) is 0 Å². The van der Waals surface area contributed by atoms with Crippen molar-refractivity contribution in [2.45, 2.75) is 25.2 Å². The molecule has 0 fully saturated rings. The van der Waals surface area contributed by atoms with Gasteiger partial charge in [0.1, 0.15) is 10.6 Å². The van der Waals surface area contributed by atoms with Gasteiger partial charge < -0.3 is 9.84 Å². The smallest absolute Gasteiger partial charge is 0.335 e. The highest BCUT2D eigenvalue weighted by atomic mass is 32.2. The van der Waals surface area contributed by atoms with Crippen LogP contribution in [-0.4, -0.2) is 44.5 Å². The summed E-state index contributed by atoms with van der Waals surface area (Å²) in [6.45, 7) is 4.43. The molecule has 0 aliphatic carbocycles. The molecule has 1 N–H and O–H groups in total. The number of hydrogen-bond donors (Lipinski definition) is 1. The monoisotopic (exact) mass is 315 g/mol. The van der Waals surface area contributed by atoms with Gasteiger partial charge in [-0.1, -0.05) is 13.8 Å². The van der Waals surface area contributed by atoms with E-state index in [-0.39, 0.29) is 16.2 Å². The molecule has 0 bridgehead atoms. The average molecular weight is 315 g/mol. The highest BCUT2D eigenvalue weighted by molar-refractivity contribution is 7.89. The van der Waals surface area contributed by atoms with Crippen LogP contribution in [0.25, 0.3) is 0 Å². The number of nitrogens with zero attached hydrogens (tertiary/aromatic N) is 1. The lowest BCUT2D eigenvalue weighted by atomic mass is 10.1. The molecule has 0 amide bonds. The summed E-state index contributed by atoms with van der Waals surface area (Å²) in [4.78, 5) is 10.9. The Morgan fingerprint density at radius 3 is 2.48 bits per heavy atom. The molecule has 21 heavy (non-hydrogen) atoms. The number of methoxy groups -OCH3 is 1. The molecule has 0 saturated heterocycles. The van der Waals surface area contributed by atoms with Gasteiger partial charge in [-0.25, -0.2) is 17.5 Å². The van der Waals surface area contributed by atoms with Gasteiger partial charge in [0.25, 0.3) is 0 Å². The predicted molar refractivity (Wildman–Crippen MR) is 79.2 cm³/mol. The minimum Gasteiger partial charge on any atom is -0.495 e. The van der Waals surface area contributed by atoms with Gasteiger partial charge in [0, 0.05) is 13.6 Å². The van der Waals surface area contributed by atoms with Gasteiger partial charge in [0.2, 0.25) is 10.0 Å². The summed E-state index contributed by atoms with van der Waals surface area (Å²) in [5, 5.41) is 8.94. The largest absolute Gasteiger partial charge is 0.495 e. The standard InChI is InChI=1S/C14H21NO5S/c1-10(2)7-8-15(3)21(18,19)13-6-5-11(14(16)17)9-12(13)20-4/h5-6,9-10H,7-8H2,1-4H3,(H,16,17). The summed E-state index contributed by atoms with van der Waals surface area (Å²) in [6.07, 6.45) is 0.741. The van der Waals surface area contributed by atoms with Crippen molar-refractivity contribution in [1.29, 1.82) is 0 Å². The van der Waals surface area contributed by atoms with Gasteiger partial charge in [-0.2, -0.15) is 0 Å². The van der Waals surface area contributed by atoms with Gasteiger partial charge in [0.05, 0.1) is 12.7 Å². The zero-order valence-corrected chi connectivity index (χ0v) is 13.5. The topological polar surface area (TPSA) is 83.9 Å². The van der Waals surface area contributed by atoms with Crippen LogP contribution < -0.4 is 4.74 Å². The molecule has 0 aromatic heterocycles. The number of sulfonamides is 1. The van der Waals surface area contributed by atoms with Gasteiger partial charge in [-0.15, -0.1) is 0 Å². The number of carboxylic acids is 1. The first-order chi connectivity index (χ1) is 9.70. The maximum atomic E-state index is 12.5. The van der Waals surface area contributed by atoms with E-state index in [1.165, 1.54) is 36.7 Å². The van der Waals surface area contributed by atoms with Crippen molar-refractivity contribution in [3.05, 3.63) is 23.8 Å². The molecule has 0 radical (unpaired) electrons. The van der Waals surface area contributed by atoms with E-state index in [0.717, 1.165) is 6.42 Å². The van der Waals surface area contributed by atoms with E-state index < -0.39 is 16.0 Å². The molecule has 6 nitrogen and oxygen atoms in total. The maximum Gasteiger partial charge on any atom is 0.335 e. The number of rotatable bonds is 7. The first-order valence-corrected chi connectivity index (χ1v) is 8.01. The summed E-state index contributed by atoms with van der Waals surface area (Å²) in [6, 6.07) is 3.74. The Balaban J connectivity index is 3.16. The SMILES string of the molecule is COc1cc(C(=O)O)ccc1S(=O)(=O)N(C)CCC(C)C. The minimum absolute atomic E-state index is 0.0179. The fourth-order valence-corrected chi connectivity index (χ4v) is 3.06. The lowest BCUT2D eigenvalue weighted by molar-refractivity contribution is 0.0696. The molecule has 118 valence electrons. The molecule has 1 aromatic rings. The van der Waals surface area contributed by atoms with Crippen molar-refractivity contribution in [1.82, 2.24) is 4.31 Å². The molecule has 1 aromatic carbocycles. The van der Waals surface area contributed by atoms with Crippen molar-refractivity contribution in [3.8, 4) is 5.75 Å². The lowest BCUT2D eigenvalue weighted by Crippen LogP contribution is -2.29. The molecular weight excluding hydrogens is 294 g/mol. The molecule has 7 heteroatoms. The summed E-state index contributed by atoms with van der Waals surface area (Å²) >= 11 is 0. The first kappa shape index (κ1) is 17.5. The third kappa shape index (κ3) is 4.18. The molecule has 0 saturated carbocycles. The van der Waals surface area contributed by atoms with Crippen LogP contribution in [0.2, 0.25) is 0 Å². The Morgan fingerprint density at radius 1 is 1.38 bits per heavy atom. The minimum atomic E-state index is -3.70. The Labute approximate surface area is 125 Å². The van der Waals surface area contributed by atoms with Crippen molar-refractivity contribution in [2.24, 2.45) is 5.92 Å². The van der Waals surface area contributed by atoms with E-state index >= 15 is 0 Å². The Kier molecular flexibility index (Phi) is 5.74. The number of carbonyl (C=O) groups is 1. The van der Waals surface area contributed by atoms with Crippen LogP contribution in [0.15, 0.2) is 23.1 Å². The maximum absolute atomic E-state index is 12.5. The Bertz CT molecular complexity index is 610. The van der Waals surface area contributed by atoms with Gasteiger partial charge >= 0.3 is 5.97 Å². The highest BCUT2D eigenvalue weighted by Crippen LogP contribution is 2.27. The second kappa shape index (κ2) is 6.91. The van der Waals surface area contributed by atoms with Crippen LogP contribution in [0.4, 0.5) is 0 Å². The number of aromatic carboxylic acids is 1. The van der Waals surface area contributed by atoms with Crippen molar-refractivity contribution in [2.75, 3.05) is 20.7 Å². The Hall–Kier alpha value is -1.60. The summed E-state index contributed by atoms with van der Waals surface area (Å²) < 4.78 is 31.3. The zero-order valence-electron chi connectivity index (χ0n) is 12.7. The van der Waals surface area contributed by atoms with Crippen LogP contribution in [-0.2, 0) is 10.0 Å². The zero-order chi connectivity index (χ0) is 16.2. The van der Waals surface area contributed by atoms with E-state index in [1.54, 1.807) is 0 Å². The quantitative estimate of drug-likeness (QED) is 0.832. The fourth-order valence-electron chi connectivity index (χ4n) is 1.74. The Morgan fingerprint density at radius 2 is 2.00 bits per heavy atom. The third-order valence-corrected chi connectivity index (χ3v) is 5.02. The summed E-state index contributed by atoms with van der Waals surface area (Å²) in [7, 11) is -0.889. The number of hydrogen-bond acceptors (Lipinski definition) is 4. The lowest BCUT2D eigenvalue weighted by Gasteiger charge is -2.19. The van der Waals surface area contributed by atoms with E-state index in [2.05, 4.69) is 0 Å². The molecular formula is C14H21NO5S. The van der Waals surface area contributed by atoms with E-state index in [0.29, 0.717) is 12.5 Å². The fraction of sp³-hybridized carbons (Fsp3) is 0.500. The van der Waals surface area contributed by atoms with Crippen LogP contribution in [0.1, 0.15) is 30.6 Å². The summed E-state index contributed by atoms with van der Waals surface area (Å²) in [5.41, 5.74) is -0.0179. The molecule has 1 rings (SSSR count). The van der Waals surface area contributed by atoms with Gasteiger partial charge in [0.15, 0.2) is 0 Å². The molecule has 0 spiro atoms. The van der Waals surface area contributed by atoms with Crippen molar-refractivity contribution >= 4 is 16.0 Å². The third-order valence-electron chi connectivity index (χ3n) is 3.12. The molecule has 0 unspecified atom stereocenters. The van der Waals surface area contributed by atoms with Gasteiger partial charge in [-0.3, -0.25) is 0 Å². The molecule has 0 aliphatic heterocycles. The van der Waals surface area contributed by atoms with Crippen LogP contribution in [0, 0.1) is 5.92 Å². The summed E-state index contributed by atoms with van der Waals surface area (Å²) in [5.74, 6) is -0.712. The molecule has 0 atom stereocenters. The highest BCUT2D eigenvalue weighted by Gasteiger charge is 2.25. The second-order valence-corrected chi connectivity index (χ2v) is 7.19. The molecule has 0 heterocycles. The number of carboxylic acid groups (broad SMARTS) is 1. The van der Waals surface area contributed by atoms with Crippen LogP contribution >= 0.6 is 0 Å². The normalized spacial score (nSPS) is 11.9. The average Bonchev–Trinajstić information content (AvgIpc) is 2.43. The van der Waals surface area contributed by atoms with Crippen LogP contribution in [0.3, 0.4) is 0 Å². The first-order valence-electron chi connectivity index (χ1n) is 6.57. The molecule has 0 aliphatic rings. The van der Waals surface area contributed by atoms with Crippen LogP contribution in [0.5, 0.6) is 5.75 Å². The van der Waals surface area contributed by atoms with Crippen molar-refractivity contribution < 1.29 is 23.1 Å². The van der Waals surface area contributed by atoms with E-state index in [4.69, 9.17) is 9.84 Å². The van der Waals surface area contributed by atoms with E-state index in [1.807, 2.05) is 13.8 Å². The van der Waals surface area contributed by atoms with Gasteiger partial charge in [-0.05, 0) is 30.5 Å².